The molecule has 1 saturated heterocycles. The molecule has 1 atom stereocenters. The van der Waals surface area contributed by atoms with E-state index in [4.69, 9.17) is 5.73 Å². The van der Waals surface area contributed by atoms with Crippen LogP contribution in [-0.4, -0.2) is 36.7 Å². The van der Waals surface area contributed by atoms with E-state index in [1.807, 2.05) is 48.5 Å². The fourth-order valence-corrected chi connectivity index (χ4v) is 4.00. The minimum atomic E-state index is -0.670. The number of nitrogens with two attached hydrogens (primary N) is 1. The minimum absolute atomic E-state index is 0.182. The molecule has 2 aliphatic heterocycles. The van der Waals surface area contributed by atoms with E-state index in [1.165, 1.54) is 30.7 Å². The van der Waals surface area contributed by atoms with Crippen molar-refractivity contribution in [2.24, 2.45) is 10.8 Å². The van der Waals surface area contributed by atoms with Crippen molar-refractivity contribution >= 4 is 34.6 Å². The van der Waals surface area contributed by atoms with Crippen molar-refractivity contribution in [2.45, 2.75) is 38.1 Å². The van der Waals surface area contributed by atoms with Gasteiger partial charge in [-0.05, 0) is 43.2 Å². The van der Waals surface area contributed by atoms with Crippen LogP contribution in [0.25, 0.3) is 0 Å². The van der Waals surface area contributed by atoms with Crippen LogP contribution in [0.1, 0.15) is 32.1 Å². The molecular formula is C23H27N5O2. The predicted molar refractivity (Wildman–Crippen MR) is 120 cm³/mol. The van der Waals surface area contributed by atoms with Gasteiger partial charge in [0.1, 0.15) is 11.8 Å². The Morgan fingerprint density at radius 2 is 1.63 bits per heavy atom. The van der Waals surface area contributed by atoms with Crippen LogP contribution in [0.3, 0.4) is 0 Å². The summed E-state index contributed by atoms with van der Waals surface area (Å²) in [5, 5.41) is 8.88. The molecule has 2 aliphatic rings. The highest BCUT2D eigenvalue weighted by Crippen LogP contribution is 2.26. The smallest absolute Gasteiger partial charge is 0.271 e. The Bertz CT molecular complexity index is 936. The zero-order valence-electron chi connectivity index (χ0n) is 17.0. The van der Waals surface area contributed by atoms with E-state index in [9.17, 15) is 9.59 Å². The lowest BCUT2D eigenvalue weighted by molar-refractivity contribution is -0.119. The molecule has 1 fully saturated rings. The van der Waals surface area contributed by atoms with Gasteiger partial charge in [-0.25, -0.2) is 0 Å². The fourth-order valence-electron chi connectivity index (χ4n) is 4.00. The van der Waals surface area contributed by atoms with Gasteiger partial charge in [0, 0.05) is 30.9 Å². The number of anilines is 3. The van der Waals surface area contributed by atoms with Gasteiger partial charge in [0.05, 0.1) is 5.69 Å². The monoisotopic (exact) mass is 405 g/mol. The number of primary amides is 1. The molecule has 156 valence electrons. The van der Waals surface area contributed by atoms with Gasteiger partial charge in [0.25, 0.3) is 5.91 Å². The molecule has 2 aromatic rings. The molecule has 0 aromatic heterocycles. The highest BCUT2D eigenvalue weighted by atomic mass is 16.2. The van der Waals surface area contributed by atoms with Crippen LogP contribution in [0.4, 0.5) is 17.1 Å². The molecule has 0 spiro atoms. The summed E-state index contributed by atoms with van der Waals surface area (Å²) in [6, 6.07) is 16.5. The molecule has 0 aliphatic carbocycles. The van der Waals surface area contributed by atoms with Gasteiger partial charge in [-0.1, -0.05) is 37.1 Å². The minimum Gasteiger partial charge on any atom is -0.371 e. The van der Waals surface area contributed by atoms with E-state index in [1.54, 1.807) is 0 Å². The molecule has 0 saturated carbocycles. The van der Waals surface area contributed by atoms with E-state index in [2.05, 4.69) is 21.4 Å². The number of hydrogen-bond acceptors (Lipinski definition) is 5. The van der Waals surface area contributed by atoms with Crippen molar-refractivity contribution in [1.82, 2.24) is 0 Å². The average Bonchev–Trinajstić information content (AvgIpc) is 3.04. The highest BCUT2D eigenvalue weighted by molar-refractivity contribution is 6.44. The lowest BCUT2D eigenvalue weighted by Gasteiger charge is -2.23. The molecule has 1 unspecified atom stereocenters. The number of carbonyl (C=O) groups is 2. The zero-order valence-corrected chi connectivity index (χ0v) is 17.0. The van der Waals surface area contributed by atoms with E-state index in [0.717, 1.165) is 30.2 Å². The molecule has 7 nitrogen and oxygen atoms in total. The number of rotatable bonds is 5. The third-order valence-corrected chi connectivity index (χ3v) is 5.60. The number of carbonyl (C=O) groups excluding carboxylic acids is 2. The van der Waals surface area contributed by atoms with E-state index >= 15 is 0 Å². The molecule has 2 amide bonds. The predicted octanol–water partition coefficient (Wildman–Crippen LogP) is 3.13. The number of amides is 2. The van der Waals surface area contributed by atoms with Gasteiger partial charge in [-0.3, -0.25) is 14.6 Å². The van der Waals surface area contributed by atoms with Crippen molar-refractivity contribution in [3.8, 4) is 0 Å². The number of benzene rings is 2. The average molecular weight is 406 g/mol. The fraction of sp³-hybridized carbons (Fsp3) is 0.348. The van der Waals surface area contributed by atoms with Crippen molar-refractivity contribution in [3.05, 3.63) is 54.6 Å². The molecule has 2 heterocycles. The standard InChI is InChI=1S/C23H27N5O2/c24-22(29)21-16-20(26-28(21)18-10-4-3-5-11-18)23(30)25-17-9-8-12-19(15-17)27-13-6-1-2-7-14-27/h3-5,8-12,15,21H,1-2,6-7,13-14,16H2,(H2,24,29)(H,25,30). The Morgan fingerprint density at radius 3 is 2.33 bits per heavy atom. The first-order chi connectivity index (χ1) is 14.6. The number of nitrogens with one attached hydrogen (secondary N) is 1. The Labute approximate surface area is 176 Å². The SMILES string of the molecule is NC(=O)C1CC(C(=O)Nc2cccc(N3CCCCCC3)c2)=NN1c1ccccc1. The Hall–Kier alpha value is -3.35. The summed E-state index contributed by atoms with van der Waals surface area (Å²) in [6.45, 7) is 2.08. The summed E-state index contributed by atoms with van der Waals surface area (Å²) >= 11 is 0. The van der Waals surface area contributed by atoms with Gasteiger partial charge in [0.15, 0.2) is 0 Å². The van der Waals surface area contributed by atoms with Crippen molar-refractivity contribution in [2.75, 3.05) is 28.3 Å². The van der Waals surface area contributed by atoms with Crippen molar-refractivity contribution in [1.29, 1.82) is 0 Å². The summed E-state index contributed by atoms with van der Waals surface area (Å²) in [4.78, 5) is 27.2. The third-order valence-electron chi connectivity index (χ3n) is 5.60. The Morgan fingerprint density at radius 1 is 0.933 bits per heavy atom. The molecule has 2 aromatic carbocycles. The van der Waals surface area contributed by atoms with Gasteiger partial charge < -0.3 is 16.0 Å². The maximum Gasteiger partial charge on any atom is 0.271 e. The molecule has 30 heavy (non-hydrogen) atoms. The summed E-state index contributed by atoms with van der Waals surface area (Å²) in [7, 11) is 0. The lowest BCUT2D eigenvalue weighted by Crippen LogP contribution is -2.39. The van der Waals surface area contributed by atoms with Crippen LogP contribution in [0.2, 0.25) is 0 Å². The second kappa shape index (κ2) is 8.98. The van der Waals surface area contributed by atoms with Crippen LogP contribution in [-0.2, 0) is 9.59 Å². The normalized spacial score (nSPS) is 19.2. The maximum atomic E-state index is 12.9. The van der Waals surface area contributed by atoms with Crippen LogP contribution in [0.5, 0.6) is 0 Å². The van der Waals surface area contributed by atoms with Gasteiger partial charge in [0.2, 0.25) is 5.91 Å². The maximum absolute atomic E-state index is 12.9. The topological polar surface area (TPSA) is 91.0 Å². The van der Waals surface area contributed by atoms with Gasteiger partial charge in [-0.2, -0.15) is 5.10 Å². The molecule has 3 N–H and O–H groups in total. The van der Waals surface area contributed by atoms with Gasteiger partial charge in [-0.15, -0.1) is 0 Å². The number of hydrazone groups is 1. The van der Waals surface area contributed by atoms with Crippen LogP contribution < -0.4 is 21.0 Å². The number of nitrogens with zero attached hydrogens (tertiary/aromatic N) is 3. The molecule has 4 rings (SSSR count). The van der Waals surface area contributed by atoms with E-state index < -0.39 is 11.9 Å². The molecule has 7 heteroatoms. The number of hydrogen-bond donors (Lipinski definition) is 2. The second-order valence-corrected chi connectivity index (χ2v) is 7.75. The first-order valence-corrected chi connectivity index (χ1v) is 10.5. The van der Waals surface area contributed by atoms with Crippen molar-refractivity contribution in [3.63, 3.8) is 0 Å². The summed E-state index contributed by atoms with van der Waals surface area (Å²) < 4.78 is 0. The zero-order chi connectivity index (χ0) is 20.9. The van der Waals surface area contributed by atoms with Crippen LogP contribution in [0, 0.1) is 0 Å². The Kier molecular flexibility index (Phi) is 5.97. The molecular weight excluding hydrogens is 378 g/mol. The highest BCUT2D eigenvalue weighted by Gasteiger charge is 2.35. The molecule has 0 radical (unpaired) electrons. The van der Waals surface area contributed by atoms with Crippen LogP contribution in [0.15, 0.2) is 59.7 Å². The van der Waals surface area contributed by atoms with E-state index in [-0.39, 0.29) is 12.3 Å². The number of para-hydroxylation sites is 1. The van der Waals surface area contributed by atoms with E-state index in [0.29, 0.717) is 5.71 Å². The first-order valence-electron chi connectivity index (χ1n) is 10.5. The summed E-state index contributed by atoms with van der Waals surface area (Å²) in [5.74, 6) is -0.818. The lowest BCUT2D eigenvalue weighted by atomic mass is 10.1. The molecule has 0 bridgehead atoms. The first kappa shape index (κ1) is 19.9. The van der Waals surface area contributed by atoms with Crippen LogP contribution >= 0.6 is 0 Å². The van der Waals surface area contributed by atoms with Crippen molar-refractivity contribution < 1.29 is 9.59 Å². The summed E-state index contributed by atoms with van der Waals surface area (Å²) in [6.07, 6.45) is 5.10. The largest absolute Gasteiger partial charge is 0.371 e. The quantitative estimate of drug-likeness (QED) is 0.800. The van der Waals surface area contributed by atoms with Gasteiger partial charge >= 0.3 is 0 Å². The third kappa shape index (κ3) is 4.45. The second-order valence-electron chi connectivity index (χ2n) is 7.75. The summed E-state index contributed by atoms with van der Waals surface area (Å²) in [5.41, 5.74) is 8.42. The Balaban J connectivity index is 1.49.